The molecule has 150 valence electrons. The van der Waals surface area contributed by atoms with Gasteiger partial charge in [0, 0.05) is 17.7 Å². The lowest BCUT2D eigenvalue weighted by molar-refractivity contribution is -0.120. The Morgan fingerprint density at radius 3 is 2.79 bits per heavy atom. The van der Waals surface area contributed by atoms with Crippen LogP contribution in [-0.2, 0) is 4.79 Å². The van der Waals surface area contributed by atoms with Crippen molar-refractivity contribution in [3.8, 4) is 17.1 Å². The van der Waals surface area contributed by atoms with Crippen LogP contribution in [-0.4, -0.2) is 26.8 Å². The molecule has 0 saturated carbocycles. The topological polar surface area (TPSA) is 81.3 Å². The minimum absolute atomic E-state index is 0.0860. The molecule has 1 atom stereocenters. The molecule has 0 spiro atoms. The largest absolute Gasteiger partial charge is 0.463 e. The molecule has 0 saturated heterocycles. The van der Waals surface area contributed by atoms with E-state index in [1.807, 2.05) is 31.2 Å². The maximum atomic E-state index is 12.9. The molecule has 4 rings (SSSR count). The predicted molar refractivity (Wildman–Crippen MR) is 111 cm³/mol. The number of hydrogen-bond donors (Lipinski definition) is 0. The second kappa shape index (κ2) is 8.65. The molecule has 0 radical (unpaired) electrons. The Bertz CT molecular complexity index is 993. The lowest BCUT2D eigenvalue weighted by Gasteiger charge is -2.28. The molecule has 29 heavy (non-hydrogen) atoms. The fourth-order valence-corrected chi connectivity index (χ4v) is 4.00. The summed E-state index contributed by atoms with van der Waals surface area (Å²) < 4.78 is 11.9. The summed E-state index contributed by atoms with van der Waals surface area (Å²) in [5.41, 5.74) is 1.97. The highest BCUT2D eigenvalue weighted by Gasteiger charge is 2.36. The van der Waals surface area contributed by atoms with Gasteiger partial charge in [0.2, 0.25) is 23.2 Å². The van der Waals surface area contributed by atoms with Gasteiger partial charge in [-0.25, -0.2) is 0 Å². The number of nitrogens with zero attached hydrogens (tertiary/aromatic N) is 4. The number of fused-ring (bicyclic) bond motifs is 3. The van der Waals surface area contributed by atoms with E-state index in [9.17, 15) is 4.79 Å². The Hall–Kier alpha value is -2.87. The molecular formula is C21H22N4O3S. The third-order valence-electron chi connectivity index (χ3n) is 4.60. The van der Waals surface area contributed by atoms with Crippen molar-refractivity contribution in [2.24, 2.45) is 0 Å². The molecule has 2 aromatic heterocycles. The number of carbonyl (C=O) groups is 1. The van der Waals surface area contributed by atoms with E-state index in [0.29, 0.717) is 34.6 Å². The van der Waals surface area contributed by atoms with Gasteiger partial charge in [-0.2, -0.15) is 4.98 Å². The first-order valence-corrected chi connectivity index (χ1v) is 10.7. The summed E-state index contributed by atoms with van der Waals surface area (Å²) in [4.78, 5) is 19.1. The normalized spacial score (nSPS) is 15.2. The Balaban J connectivity index is 1.84. The first kappa shape index (κ1) is 19.4. The van der Waals surface area contributed by atoms with Crippen LogP contribution in [0.3, 0.4) is 0 Å². The van der Waals surface area contributed by atoms with Crippen molar-refractivity contribution in [2.45, 2.75) is 44.5 Å². The molecule has 8 heteroatoms. The van der Waals surface area contributed by atoms with Gasteiger partial charge in [-0.15, -0.1) is 10.2 Å². The Labute approximate surface area is 173 Å². The average molecular weight is 410 g/mol. The van der Waals surface area contributed by atoms with Crippen molar-refractivity contribution in [3.63, 3.8) is 0 Å². The molecule has 3 heterocycles. The van der Waals surface area contributed by atoms with E-state index < -0.39 is 6.23 Å². The average Bonchev–Trinajstić information content (AvgIpc) is 3.24. The number of rotatable bonds is 6. The van der Waals surface area contributed by atoms with E-state index in [1.54, 1.807) is 35.1 Å². The van der Waals surface area contributed by atoms with Crippen LogP contribution >= 0.6 is 11.8 Å². The number of unbranched alkanes of at least 4 members (excludes halogenated alkanes) is 1. The van der Waals surface area contributed by atoms with Gasteiger partial charge in [-0.3, -0.25) is 9.69 Å². The zero-order chi connectivity index (χ0) is 20.2. The van der Waals surface area contributed by atoms with Crippen LogP contribution in [0.25, 0.3) is 11.3 Å². The molecule has 0 unspecified atom stereocenters. The van der Waals surface area contributed by atoms with Crippen LogP contribution in [0.5, 0.6) is 5.88 Å². The molecule has 7 nitrogen and oxygen atoms in total. The third-order valence-corrected chi connectivity index (χ3v) is 5.52. The standard InChI is InChI=1S/C21H22N4O3S/c1-3-5-13-29-21-22-19-18(23-24-21)14-9-6-7-10-15(14)25(17(26)4-2)20(28-19)16-11-8-12-27-16/h6-12,20H,3-5,13H2,1-2H3/t20-/m1/s1. The maximum Gasteiger partial charge on any atom is 0.247 e. The summed E-state index contributed by atoms with van der Waals surface area (Å²) in [5.74, 6) is 1.69. The fourth-order valence-electron chi connectivity index (χ4n) is 3.14. The monoisotopic (exact) mass is 410 g/mol. The number of thioether (sulfide) groups is 1. The molecule has 0 fully saturated rings. The lowest BCUT2D eigenvalue weighted by atomic mass is 10.1. The molecule has 3 aromatic rings. The Kier molecular flexibility index (Phi) is 5.80. The van der Waals surface area contributed by atoms with Crippen molar-refractivity contribution >= 4 is 23.4 Å². The second-order valence-corrected chi connectivity index (χ2v) is 7.63. The van der Waals surface area contributed by atoms with Crippen molar-refractivity contribution in [3.05, 3.63) is 48.4 Å². The molecule has 1 amide bonds. The first-order valence-electron chi connectivity index (χ1n) is 9.72. The smallest absolute Gasteiger partial charge is 0.247 e. The Morgan fingerprint density at radius 1 is 1.17 bits per heavy atom. The van der Waals surface area contributed by atoms with E-state index in [0.717, 1.165) is 24.2 Å². The predicted octanol–water partition coefficient (Wildman–Crippen LogP) is 4.86. The molecule has 1 aliphatic rings. The zero-order valence-corrected chi connectivity index (χ0v) is 17.2. The molecular weight excluding hydrogens is 388 g/mol. The van der Waals surface area contributed by atoms with Gasteiger partial charge in [-0.05, 0) is 24.6 Å². The minimum atomic E-state index is -0.773. The molecule has 0 bridgehead atoms. The van der Waals surface area contributed by atoms with Crippen LogP contribution in [0.1, 0.15) is 45.1 Å². The van der Waals surface area contributed by atoms with Crippen LogP contribution in [0, 0.1) is 0 Å². The summed E-state index contributed by atoms with van der Waals surface area (Å²) in [6, 6.07) is 11.1. The van der Waals surface area contributed by atoms with Crippen LogP contribution < -0.4 is 9.64 Å². The number of para-hydroxylation sites is 1. The number of ether oxygens (including phenoxy) is 1. The van der Waals surface area contributed by atoms with Crippen molar-refractivity contribution < 1.29 is 13.9 Å². The van der Waals surface area contributed by atoms with Gasteiger partial charge < -0.3 is 9.15 Å². The number of benzene rings is 1. The van der Waals surface area contributed by atoms with Crippen molar-refractivity contribution in [1.82, 2.24) is 15.2 Å². The fraction of sp³-hybridized carbons (Fsp3) is 0.333. The number of amides is 1. The van der Waals surface area contributed by atoms with Crippen LogP contribution in [0.4, 0.5) is 5.69 Å². The first-order chi connectivity index (χ1) is 14.2. The molecule has 0 aliphatic carbocycles. The quantitative estimate of drug-likeness (QED) is 0.424. The summed E-state index contributed by atoms with van der Waals surface area (Å²) in [7, 11) is 0. The lowest BCUT2D eigenvalue weighted by Crippen LogP contribution is -2.37. The van der Waals surface area contributed by atoms with Gasteiger partial charge in [0.25, 0.3) is 0 Å². The maximum absolute atomic E-state index is 12.9. The Morgan fingerprint density at radius 2 is 2.03 bits per heavy atom. The van der Waals surface area contributed by atoms with Gasteiger partial charge >= 0.3 is 0 Å². The van der Waals surface area contributed by atoms with Gasteiger partial charge in [0.05, 0.1) is 12.0 Å². The number of furan rings is 1. The number of aromatic nitrogens is 3. The van der Waals surface area contributed by atoms with E-state index in [2.05, 4.69) is 22.1 Å². The van der Waals surface area contributed by atoms with Crippen molar-refractivity contribution in [2.75, 3.05) is 10.7 Å². The molecule has 1 aliphatic heterocycles. The van der Waals surface area contributed by atoms with E-state index in [1.165, 1.54) is 0 Å². The van der Waals surface area contributed by atoms with E-state index in [4.69, 9.17) is 9.15 Å². The number of carbonyl (C=O) groups excluding carboxylic acids is 1. The van der Waals surface area contributed by atoms with Gasteiger partial charge in [-0.1, -0.05) is 50.2 Å². The summed E-state index contributed by atoms with van der Waals surface area (Å²) in [6.07, 6.45) is 3.29. The minimum Gasteiger partial charge on any atom is -0.463 e. The highest BCUT2D eigenvalue weighted by Crippen LogP contribution is 2.43. The molecule has 1 aromatic carbocycles. The summed E-state index contributed by atoms with van der Waals surface area (Å²) in [6.45, 7) is 3.97. The van der Waals surface area contributed by atoms with E-state index >= 15 is 0 Å². The second-order valence-electron chi connectivity index (χ2n) is 6.57. The summed E-state index contributed by atoms with van der Waals surface area (Å²) >= 11 is 1.55. The highest BCUT2D eigenvalue weighted by molar-refractivity contribution is 7.99. The SMILES string of the molecule is CCCCSc1nnc2c(n1)O[C@H](c1ccco1)N(C(=O)CC)c1ccccc1-2. The van der Waals surface area contributed by atoms with Crippen LogP contribution in [0.15, 0.2) is 52.2 Å². The number of hydrogen-bond acceptors (Lipinski definition) is 7. The highest BCUT2D eigenvalue weighted by atomic mass is 32.2. The van der Waals surface area contributed by atoms with Gasteiger partial charge in [0.1, 0.15) is 0 Å². The van der Waals surface area contributed by atoms with Crippen LogP contribution in [0.2, 0.25) is 0 Å². The number of anilines is 1. The third kappa shape index (κ3) is 3.85. The zero-order valence-electron chi connectivity index (χ0n) is 16.4. The molecule has 0 N–H and O–H groups in total. The van der Waals surface area contributed by atoms with Gasteiger partial charge in [0.15, 0.2) is 11.5 Å². The summed E-state index contributed by atoms with van der Waals surface area (Å²) in [5, 5.41) is 9.24. The van der Waals surface area contributed by atoms with Crippen molar-refractivity contribution in [1.29, 1.82) is 0 Å². The van der Waals surface area contributed by atoms with E-state index in [-0.39, 0.29) is 5.91 Å².